The lowest BCUT2D eigenvalue weighted by Crippen LogP contribution is -2.48. The molecule has 33 heavy (non-hydrogen) atoms. The molecule has 0 spiro atoms. The van der Waals surface area contributed by atoms with E-state index in [1.165, 1.54) is 18.2 Å². The summed E-state index contributed by atoms with van der Waals surface area (Å²) in [7, 11) is 0. The van der Waals surface area contributed by atoms with Crippen molar-refractivity contribution in [2.24, 2.45) is 0 Å². The third-order valence-corrected chi connectivity index (χ3v) is 5.59. The lowest BCUT2D eigenvalue weighted by atomic mass is 9.94. The second-order valence-electron chi connectivity index (χ2n) is 7.27. The summed E-state index contributed by atoms with van der Waals surface area (Å²) < 4.78 is 16.5. The van der Waals surface area contributed by atoms with E-state index in [-0.39, 0.29) is 17.3 Å². The fourth-order valence-corrected chi connectivity index (χ4v) is 4.17. The highest BCUT2D eigenvalue weighted by atomic mass is 32.1. The van der Waals surface area contributed by atoms with Crippen molar-refractivity contribution in [1.29, 1.82) is 0 Å². The molecule has 0 aliphatic carbocycles. The van der Waals surface area contributed by atoms with Crippen molar-refractivity contribution in [3.63, 3.8) is 0 Å². The predicted octanol–water partition coefficient (Wildman–Crippen LogP) is 3.34. The highest BCUT2D eigenvalue weighted by molar-refractivity contribution is 7.80. The Morgan fingerprint density at radius 1 is 1.27 bits per heavy atom. The van der Waals surface area contributed by atoms with Gasteiger partial charge in [-0.05, 0) is 49.8 Å². The highest BCUT2D eigenvalue weighted by Gasteiger charge is 2.36. The standard InChI is InChI=1S/C22H21N3O7S/c1-3-30-21(27)19-12(2)24(14-5-7-17-18(11-14)32-9-8-31-17)22(33)23-20(19)13-4-6-16(26)15(10-13)25(28)29/h4-7,10-11,20,26H,3,8-9H2,1-2H3,(H,23,33)/t20-/m1/s1. The minimum atomic E-state index is -0.815. The topological polar surface area (TPSA) is 123 Å². The van der Waals surface area contributed by atoms with E-state index in [1.54, 1.807) is 36.9 Å². The molecule has 2 N–H and O–H groups in total. The molecule has 4 rings (SSSR count). The van der Waals surface area contributed by atoms with Crippen LogP contribution in [0, 0.1) is 10.1 Å². The number of carbonyl (C=O) groups excluding carboxylic acids is 1. The van der Waals surface area contributed by atoms with Crippen LogP contribution in [0.2, 0.25) is 0 Å². The van der Waals surface area contributed by atoms with Crippen molar-refractivity contribution < 1.29 is 29.0 Å². The summed E-state index contributed by atoms with van der Waals surface area (Å²) >= 11 is 5.61. The predicted molar refractivity (Wildman–Crippen MR) is 122 cm³/mol. The molecule has 0 amide bonds. The lowest BCUT2D eigenvalue weighted by Gasteiger charge is -2.37. The van der Waals surface area contributed by atoms with E-state index in [4.69, 9.17) is 26.4 Å². The molecule has 2 aliphatic heterocycles. The minimum Gasteiger partial charge on any atom is -0.502 e. The maximum absolute atomic E-state index is 13.0. The van der Waals surface area contributed by atoms with Gasteiger partial charge in [0, 0.05) is 17.8 Å². The number of nitro benzene ring substituents is 1. The first kappa shape index (κ1) is 22.3. The van der Waals surface area contributed by atoms with Crippen molar-refractivity contribution in [2.45, 2.75) is 19.9 Å². The quantitative estimate of drug-likeness (QED) is 0.290. The second-order valence-corrected chi connectivity index (χ2v) is 7.66. The molecule has 11 heteroatoms. The first-order valence-electron chi connectivity index (χ1n) is 10.2. The van der Waals surface area contributed by atoms with Gasteiger partial charge < -0.3 is 24.6 Å². The molecule has 1 atom stereocenters. The number of benzene rings is 2. The number of nitrogens with zero attached hydrogens (tertiary/aromatic N) is 2. The fourth-order valence-electron chi connectivity index (χ4n) is 3.81. The number of fused-ring (bicyclic) bond motifs is 1. The van der Waals surface area contributed by atoms with Crippen molar-refractivity contribution in [1.82, 2.24) is 5.32 Å². The van der Waals surface area contributed by atoms with Crippen LogP contribution >= 0.6 is 12.2 Å². The number of aromatic hydroxyl groups is 1. The summed E-state index contributed by atoms with van der Waals surface area (Å²) in [6.07, 6.45) is 0. The first-order valence-corrected chi connectivity index (χ1v) is 10.6. The Labute approximate surface area is 194 Å². The van der Waals surface area contributed by atoms with Gasteiger partial charge in [-0.1, -0.05) is 6.07 Å². The Kier molecular flexibility index (Phi) is 6.05. The molecule has 0 bridgehead atoms. The van der Waals surface area contributed by atoms with Crippen LogP contribution < -0.4 is 19.7 Å². The van der Waals surface area contributed by atoms with E-state index in [9.17, 15) is 20.0 Å². The first-order chi connectivity index (χ1) is 15.8. The molecule has 0 fully saturated rings. The van der Waals surface area contributed by atoms with Crippen LogP contribution in [-0.2, 0) is 9.53 Å². The number of phenolic OH excluding ortho intramolecular Hbond substituents is 1. The van der Waals surface area contributed by atoms with E-state index < -0.39 is 28.4 Å². The van der Waals surface area contributed by atoms with Gasteiger partial charge in [0.25, 0.3) is 0 Å². The molecule has 0 unspecified atom stereocenters. The van der Waals surface area contributed by atoms with Crippen LogP contribution in [0.4, 0.5) is 11.4 Å². The van der Waals surface area contributed by atoms with Crippen molar-refractivity contribution in [3.05, 3.63) is 63.3 Å². The number of rotatable bonds is 5. The smallest absolute Gasteiger partial charge is 0.338 e. The lowest BCUT2D eigenvalue weighted by molar-refractivity contribution is -0.385. The van der Waals surface area contributed by atoms with Crippen LogP contribution in [0.15, 0.2) is 47.7 Å². The van der Waals surface area contributed by atoms with Gasteiger partial charge in [-0.15, -0.1) is 0 Å². The van der Waals surface area contributed by atoms with E-state index >= 15 is 0 Å². The second kappa shape index (κ2) is 8.94. The van der Waals surface area contributed by atoms with E-state index in [0.717, 1.165) is 0 Å². The average Bonchev–Trinajstić information content (AvgIpc) is 2.79. The number of esters is 1. The Morgan fingerprint density at radius 3 is 2.70 bits per heavy atom. The van der Waals surface area contributed by atoms with Gasteiger partial charge in [0.05, 0.1) is 28.8 Å². The van der Waals surface area contributed by atoms with Gasteiger partial charge in [-0.25, -0.2) is 4.79 Å². The van der Waals surface area contributed by atoms with Crippen molar-refractivity contribution in [2.75, 3.05) is 24.7 Å². The maximum atomic E-state index is 13.0. The Balaban J connectivity index is 1.82. The molecule has 2 aliphatic rings. The molecule has 2 aromatic carbocycles. The summed E-state index contributed by atoms with van der Waals surface area (Å²) in [6.45, 7) is 4.43. The molecule has 0 radical (unpaired) electrons. The highest BCUT2D eigenvalue weighted by Crippen LogP contribution is 2.40. The number of nitro groups is 1. The number of anilines is 1. The third-order valence-electron chi connectivity index (χ3n) is 5.29. The number of hydrogen-bond acceptors (Lipinski definition) is 8. The molecule has 2 aromatic rings. The van der Waals surface area contributed by atoms with Gasteiger partial charge in [-0.2, -0.15) is 0 Å². The summed E-state index contributed by atoms with van der Waals surface area (Å²) in [6, 6.07) is 8.42. The SMILES string of the molecule is CCOC(=O)C1=C(C)N(c2ccc3c(c2)OCCO3)C(=S)N[C@@H]1c1ccc(O)c([N+](=O)[O-])c1. The average molecular weight is 471 g/mol. The number of thiocarbonyl (C=S) groups is 1. The summed E-state index contributed by atoms with van der Waals surface area (Å²) in [5, 5.41) is 24.5. The molecule has 0 saturated heterocycles. The number of phenols is 1. The van der Waals surface area contributed by atoms with Crippen molar-refractivity contribution >= 4 is 34.7 Å². The normalized spacial score (nSPS) is 17.5. The maximum Gasteiger partial charge on any atom is 0.338 e. The number of carbonyl (C=O) groups is 1. The number of ether oxygens (including phenoxy) is 3. The largest absolute Gasteiger partial charge is 0.502 e. The summed E-state index contributed by atoms with van der Waals surface area (Å²) in [5.41, 5.74) is 1.28. The molecule has 0 aromatic heterocycles. The number of nitrogens with one attached hydrogen (secondary N) is 1. The zero-order valence-corrected chi connectivity index (χ0v) is 18.7. The van der Waals surface area contributed by atoms with Crippen LogP contribution in [0.1, 0.15) is 25.5 Å². The van der Waals surface area contributed by atoms with Crippen LogP contribution in [0.25, 0.3) is 0 Å². The monoisotopic (exact) mass is 471 g/mol. The molecular formula is C22H21N3O7S. The van der Waals surface area contributed by atoms with Gasteiger partial charge in [0.1, 0.15) is 13.2 Å². The Morgan fingerprint density at radius 2 is 2.00 bits per heavy atom. The van der Waals surface area contributed by atoms with Crippen LogP contribution in [0.5, 0.6) is 17.2 Å². The third kappa shape index (κ3) is 4.14. The molecule has 2 heterocycles. The minimum absolute atomic E-state index is 0.145. The van der Waals surface area contributed by atoms with Gasteiger partial charge in [0.15, 0.2) is 22.4 Å². The molecular weight excluding hydrogens is 450 g/mol. The zero-order valence-electron chi connectivity index (χ0n) is 17.9. The Bertz CT molecular complexity index is 1180. The van der Waals surface area contributed by atoms with E-state index in [1.807, 2.05) is 0 Å². The molecule has 172 valence electrons. The van der Waals surface area contributed by atoms with Gasteiger partial charge >= 0.3 is 11.7 Å². The summed E-state index contributed by atoms with van der Waals surface area (Å²) in [4.78, 5) is 25.3. The van der Waals surface area contributed by atoms with E-state index in [2.05, 4.69) is 5.32 Å². The van der Waals surface area contributed by atoms with Gasteiger partial charge in [0.2, 0.25) is 0 Å². The van der Waals surface area contributed by atoms with Crippen LogP contribution in [-0.4, -0.2) is 40.9 Å². The van der Waals surface area contributed by atoms with Crippen LogP contribution in [0.3, 0.4) is 0 Å². The van der Waals surface area contributed by atoms with E-state index in [0.29, 0.717) is 41.7 Å². The summed E-state index contributed by atoms with van der Waals surface area (Å²) in [5.74, 6) is 0.109. The zero-order chi connectivity index (χ0) is 23.7. The Hall–Kier alpha value is -3.86. The van der Waals surface area contributed by atoms with Crippen molar-refractivity contribution in [3.8, 4) is 17.2 Å². The fraction of sp³-hybridized carbons (Fsp3) is 0.273. The van der Waals surface area contributed by atoms with Gasteiger partial charge in [-0.3, -0.25) is 15.0 Å². The number of hydrogen-bond donors (Lipinski definition) is 2. The number of allylic oxidation sites excluding steroid dienone is 1. The molecule has 0 saturated carbocycles. The molecule has 10 nitrogen and oxygen atoms in total.